The van der Waals surface area contributed by atoms with Crippen LogP contribution in [0.5, 0.6) is 0 Å². The van der Waals surface area contributed by atoms with E-state index in [0.717, 1.165) is 19.7 Å². The molecule has 1 saturated heterocycles. The summed E-state index contributed by atoms with van der Waals surface area (Å²) in [6.07, 6.45) is 3.13. The average Bonchev–Trinajstić information content (AvgIpc) is 3.10. The minimum atomic E-state index is 0.0891. The lowest BCUT2D eigenvalue weighted by Crippen LogP contribution is -2.40. The number of carbonyl (C=O) groups excluding carboxylic acids is 1. The van der Waals surface area contributed by atoms with Gasteiger partial charge in [-0.3, -0.25) is 9.69 Å². The fraction of sp³-hybridized carbons (Fsp3) is 0.917. The molecule has 0 radical (unpaired) electrons. The van der Waals surface area contributed by atoms with E-state index in [1.807, 2.05) is 0 Å². The summed E-state index contributed by atoms with van der Waals surface area (Å²) in [4.78, 5) is 14.1. The zero-order valence-electron chi connectivity index (χ0n) is 9.98. The van der Waals surface area contributed by atoms with E-state index in [0.29, 0.717) is 31.5 Å². The molecule has 4 nitrogen and oxygen atoms in total. The van der Waals surface area contributed by atoms with Gasteiger partial charge < -0.3 is 9.47 Å². The number of rotatable bonds is 6. The molecule has 92 valence electrons. The van der Waals surface area contributed by atoms with Crippen molar-refractivity contribution in [1.82, 2.24) is 4.90 Å². The van der Waals surface area contributed by atoms with Crippen LogP contribution in [0.3, 0.4) is 0 Å². The Hall–Kier alpha value is -0.450. The first-order valence-electron chi connectivity index (χ1n) is 6.14. The number of hydrogen-bond donors (Lipinski definition) is 0. The summed E-state index contributed by atoms with van der Waals surface area (Å²) < 4.78 is 10.5. The first kappa shape index (κ1) is 12.0. The standard InChI is InChI=1S/C12H21NO3/c1-15-7-5-13(11-2-3-11)8-10-9-16-6-4-12(10)14/h10-11H,2-9H2,1H3. The van der Waals surface area contributed by atoms with Gasteiger partial charge in [0, 0.05) is 32.7 Å². The summed E-state index contributed by atoms with van der Waals surface area (Å²) in [6.45, 7) is 3.75. The third-order valence-electron chi connectivity index (χ3n) is 3.37. The summed E-state index contributed by atoms with van der Waals surface area (Å²) in [7, 11) is 1.72. The number of hydrogen-bond acceptors (Lipinski definition) is 4. The molecule has 2 rings (SSSR count). The van der Waals surface area contributed by atoms with Crippen molar-refractivity contribution in [1.29, 1.82) is 0 Å². The molecule has 0 N–H and O–H groups in total. The first-order valence-corrected chi connectivity index (χ1v) is 6.14. The first-order chi connectivity index (χ1) is 7.81. The van der Waals surface area contributed by atoms with Crippen molar-refractivity contribution < 1.29 is 14.3 Å². The number of ether oxygens (including phenoxy) is 2. The SMILES string of the molecule is COCCN(CC1COCCC1=O)C1CC1. The molecule has 16 heavy (non-hydrogen) atoms. The van der Waals surface area contributed by atoms with Crippen molar-refractivity contribution in [3.63, 3.8) is 0 Å². The predicted octanol–water partition coefficient (Wildman–Crippen LogP) is 0.703. The third kappa shape index (κ3) is 3.27. The summed E-state index contributed by atoms with van der Waals surface area (Å²) in [5, 5.41) is 0. The van der Waals surface area contributed by atoms with Crippen molar-refractivity contribution in [2.24, 2.45) is 5.92 Å². The maximum absolute atomic E-state index is 11.7. The summed E-state index contributed by atoms with van der Waals surface area (Å²) >= 11 is 0. The van der Waals surface area contributed by atoms with Gasteiger partial charge in [0.15, 0.2) is 0 Å². The Labute approximate surface area is 96.9 Å². The number of ketones is 1. The van der Waals surface area contributed by atoms with Crippen molar-refractivity contribution in [2.75, 3.05) is 40.0 Å². The van der Waals surface area contributed by atoms with E-state index >= 15 is 0 Å². The smallest absolute Gasteiger partial charge is 0.141 e. The molecular weight excluding hydrogens is 206 g/mol. The lowest BCUT2D eigenvalue weighted by Gasteiger charge is -2.28. The van der Waals surface area contributed by atoms with Gasteiger partial charge in [0.1, 0.15) is 5.78 Å². The van der Waals surface area contributed by atoms with Crippen molar-refractivity contribution in [3.05, 3.63) is 0 Å². The van der Waals surface area contributed by atoms with Gasteiger partial charge in [0.05, 0.1) is 25.7 Å². The highest BCUT2D eigenvalue weighted by Gasteiger charge is 2.33. The van der Waals surface area contributed by atoms with Gasteiger partial charge in [0.25, 0.3) is 0 Å². The molecule has 1 aliphatic heterocycles. The molecule has 1 atom stereocenters. The summed E-state index contributed by atoms with van der Waals surface area (Å²) in [6, 6.07) is 0.685. The third-order valence-corrected chi connectivity index (χ3v) is 3.37. The Morgan fingerprint density at radius 2 is 2.31 bits per heavy atom. The van der Waals surface area contributed by atoms with E-state index in [-0.39, 0.29) is 5.92 Å². The molecule has 2 aliphatic rings. The normalized spacial score (nSPS) is 26.4. The van der Waals surface area contributed by atoms with E-state index in [4.69, 9.17) is 9.47 Å². The molecule has 0 amide bonds. The molecule has 0 aromatic heterocycles. The zero-order chi connectivity index (χ0) is 11.4. The predicted molar refractivity (Wildman–Crippen MR) is 60.4 cm³/mol. The average molecular weight is 227 g/mol. The van der Waals surface area contributed by atoms with E-state index in [1.54, 1.807) is 7.11 Å². The Bertz CT molecular complexity index is 240. The van der Waals surface area contributed by atoms with Crippen LogP contribution >= 0.6 is 0 Å². The highest BCUT2D eigenvalue weighted by molar-refractivity contribution is 5.82. The van der Waals surface area contributed by atoms with Crippen LogP contribution in [-0.2, 0) is 14.3 Å². The van der Waals surface area contributed by atoms with E-state index < -0.39 is 0 Å². The molecule has 0 spiro atoms. The Morgan fingerprint density at radius 3 is 2.94 bits per heavy atom. The minimum absolute atomic E-state index is 0.0891. The number of nitrogens with zero attached hydrogens (tertiary/aromatic N) is 1. The van der Waals surface area contributed by atoms with Crippen molar-refractivity contribution in [2.45, 2.75) is 25.3 Å². The van der Waals surface area contributed by atoms with E-state index in [2.05, 4.69) is 4.90 Å². The maximum Gasteiger partial charge on any atom is 0.141 e. The second-order valence-electron chi connectivity index (χ2n) is 4.71. The lowest BCUT2D eigenvalue weighted by molar-refractivity contribution is -0.131. The Balaban J connectivity index is 1.81. The monoisotopic (exact) mass is 227 g/mol. The van der Waals surface area contributed by atoms with Crippen LogP contribution in [0.2, 0.25) is 0 Å². The molecule has 1 aliphatic carbocycles. The topological polar surface area (TPSA) is 38.8 Å². The van der Waals surface area contributed by atoms with Gasteiger partial charge in [0.2, 0.25) is 0 Å². The van der Waals surface area contributed by atoms with Gasteiger partial charge in [-0.1, -0.05) is 0 Å². The summed E-state index contributed by atoms with van der Waals surface area (Å²) in [5.74, 6) is 0.459. The summed E-state index contributed by atoms with van der Waals surface area (Å²) in [5.41, 5.74) is 0. The van der Waals surface area contributed by atoms with E-state index in [1.165, 1.54) is 12.8 Å². The quantitative estimate of drug-likeness (QED) is 0.669. The zero-order valence-corrected chi connectivity index (χ0v) is 9.98. The van der Waals surface area contributed by atoms with Gasteiger partial charge in [-0.25, -0.2) is 0 Å². The fourth-order valence-electron chi connectivity index (χ4n) is 2.20. The molecule has 1 unspecified atom stereocenters. The lowest BCUT2D eigenvalue weighted by atomic mass is 10.00. The second-order valence-corrected chi connectivity index (χ2v) is 4.71. The van der Waals surface area contributed by atoms with Crippen LogP contribution in [0.4, 0.5) is 0 Å². The second kappa shape index (κ2) is 5.75. The van der Waals surface area contributed by atoms with Gasteiger partial charge in [-0.05, 0) is 12.8 Å². The van der Waals surface area contributed by atoms with Crippen molar-refractivity contribution >= 4 is 5.78 Å². The largest absolute Gasteiger partial charge is 0.383 e. The number of Topliss-reactive ketones (excluding diaryl/α,β-unsaturated/α-hetero) is 1. The number of methoxy groups -OCH3 is 1. The molecule has 1 saturated carbocycles. The molecule has 4 heteroatoms. The highest BCUT2D eigenvalue weighted by atomic mass is 16.5. The van der Waals surface area contributed by atoms with Crippen LogP contribution < -0.4 is 0 Å². The van der Waals surface area contributed by atoms with Crippen LogP contribution in [-0.4, -0.2) is 56.7 Å². The van der Waals surface area contributed by atoms with E-state index in [9.17, 15) is 4.79 Å². The molecule has 0 aromatic rings. The van der Waals surface area contributed by atoms with Crippen molar-refractivity contribution in [3.8, 4) is 0 Å². The molecule has 0 aromatic carbocycles. The van der Waals surface area contributed by atoms with Gasteiger partial charge in [-0.15, -0.1) is 0 Å². The fourth-order valence-corrected chi connectivity index (χ4v) is 2.20. The van der Waals surface area contributed by atoms with Gasteiger partial charge in [-0.2, -0.15) is 0 Å². The molecular formula is C12H21NO3. The Kier molecular flexibility index (Phi) is 4.32. The Morgan fingerprint density at radius 1 is 1.50 bits per heavy atom. The number of carbonyl (C=O) groups is 1. The minimum Gasteiger partial charge on any atom is -0.383 e. The maximum atomic E-state index is 11.7. The van der Waals surface area contributed by atoms with Crippen LogP contribution in [0.25, 0.3) is 0 Å². The van der Waals surface area contributed by atoms with Crippen LogP contribution in [0.1, 0.15) is 19.3 Å². The van der Waals surface area contributed by atoms with Crippen LogP contribution in [0.15, 0.2) is 0 Å². The van der Waals surface area contributed by atoms with Crippen LogP contribution in [0, 0.1) is 5.92 Å². The molecule has 1 heterocycles. The molecule has 2 fully saturated rings. The molecule has 0 bridgehead atoms. The highest BCUT2D eigenvalue weighted by Crippen LogP contribution is 2.28. The van der Waals surface area contributed by atoms with Gasteiger partial charge >= 0.3 is 0 Å².